The number of rotatable bonds is 3. The van der Waals surface area contributed by atoms with Gasteiger partial charge >= 0.3 is 0 Å². The standard InChI is InChI=1S/C16H17N3/c1-13-12-19(18-15-10-6-3-7-11-15)16(17-13)14-8-4-2-5-9-14/h2-11,13,18H,12H2,1H3/t13-/m1/s1. The van der Waals surface area contributed by atoms with Gasteiger partial charge in [0.25, 0.3) is 0 Å². The maximum atomic E-state index is 4.72. The lowest BCUT2D eigenvalue weighted by Crippen LogP contribution is -2.34. The number of hydrazine groups is 1. The molecule has 0 bridgehead atoms. The summed E-state index contributed by atoms with van der Waals surface area (Å²) in [7, 11) is 0. The average molecular weight is 251 g/mol. The number of benzene rings is 2. The molecule has 2 aromatic rings. The van der Waals surface area contributed by atoms with Crippen molar-refractivity contribution in [1.82, 2.24) is 5.01 Å². The molecule has 1 aliphatic heterocycles. The van der Waals surface area contributed by atoms with Gasteiger partial charge in [0.2, 0.25) is 0 Å². The summed E-state index contributed by atoms with van der Waals surface area (Å²) in [5, 5.41) is 2.12. The molecule has 0 aromatic heterocycles. The first-order chi connectivity index (χ1) is 9.33. The van der Waals surface area contributed by atoms with E-state index in [0.717, 1.165) is 23.6 Å². The summed E-state index contributed by atoms with van der Waals surface area (Å²) in [6, 6.07) is 20.8. The molecule has 0 spiro atoms. The van der Waals surface area contributed by atoms with Crippen molar-refractivity contribution in [2.75, 3.05) is 12.0 Å². The largest absolute Gasteiger partial charge is 0.297 e. The second-order valence-corrected chi connectivity index (χ2v) is 4.76. The van der Waals surface area contributed by atoms with E-state index in [-0.39, 0.29) is 0 Å². The molecule has 3 rings (SSSR count). The zero-order chi connectivity index (χ0) is 13.1. The molecule has 0 unspecified atom stereocenters. The third-order valence-corrected chi connectivity index (χ3v) is 3.11. The third-order valence-electron chi connectivity index (χ3n) is 3.11. The van der Waals surface area contributed by atoms with Gasteiger partial charge in [0.15, 0.2) is 0 Å². The van der Waals surface area contributed by atoms with E-state index in [4.69, 9.17) is 4.99 Å². The van der Waals surface area contributed by atoms with Gasteiger partial charge in [-0.2, -0.15) is 0 Å². The first-order valence-corrected chi connectivity index (χ1v) is 6.55. The summed E-state index contributed by atoms with van der Waals surface area (Å²) >= 11 is 0. The summed E-state index contributed by atoms with van der Waals surface area (Å²) < 4.78 is 0. The second-order valence-electron chi connectivity index (χ2n) is 4.76. The fraction of sp³-hybridized carbons (Fsp3) is 0.188. The second kappa shape index (κ2) is 5.14. The number of amidine groups is 1. The molecule has 0 saturated carbocycles. The molecule has 3 nitrogen and oxygen atoms in total. The molecule has 0 fully saturated rings. The predicted molar refractivity (Wildman–Crippen MR) is 79.2 cm³/mol. The lowest BCUT2D eigenvalue weighted by atomic mass is 10.2. The van der Waals surface area contributed by atoms with Crippen molar-refractivity contribution in [2.24, 2.45) is 4.99 Å². The van der Waals surface area contributed by atoms with Crippen LogP contribution in [0.15, 0.2) is 65.7 Å². The van der Waals surface area contributed by atoms with E-state index in [1.165, 1.54) is 0 Å². The summed E-state index contributed by atoms with van der Waals surface area (Å²) in [5.41, 5.74) is 5.65. The Hall–Kier alpha value is -2.29. The topological polar surface area (TPSA) is 27.6 Å². The van der Waals surface area contributed by atoms with Crippen LogP contribution in [0.5, 0.6) is 0 Å². The molecule has 0 radical (unpaired) electrons. The van der Waals surface area contributed by atoms with Crippen molar-refractivity contribution in [3.05, 3.63) is 66.2 Å². The minimum absolute atomic E-state index is 0.311. The molecule has 1 aliphatic rings. The summed E-state index contributed by atoms with van der Waals surface area (Å²) in [6.07, 6.45) is 0. The summed E-state index contributed by atoms with van der Waals surface area (Å²) in [5.74, 6) is 1.01. The summed E-state index contributed by atoms with van der Waals surface area (Å²) in [4.78, 5) is 4.72. The highest BCUT2D eigenvalue weighted by atomic mass is 15.5. The number of para-hydroxylation sites is 1. The van der Waals surface area contributed by atoms with Gasteiger partial charge in [0, 0.05) is 5.56 Å². The van der Waals surface area contributed by atoms with Crippen molar-refractivity contribution in [1.29, 1.82) is 0 Å². The van der Waals surface area contributed by atoms with Gasteiger partial charge in [-0.25, -0.2) is 0 Å². The van der Waals surface area contributed by atoms with Crippen LogP contribution in [0.2, 0.25) is 0 Å². The van der Waals surface area contributed by atoms with E-state index >= 15 is 0 Å². The van der Waals surface area contributed by atoms with Crippen LogP contribution in [0.4, 0.5) is 5.69 Å². The number of anilines is 1. The SMILES string of the molecule is C[C@@H]1CN(Nc2ccccc2)C(c2ccccc2)=N1. The van der Waals surface area contributed by atoms with Crippen molar-refractivity contribution in [3.8, 4) is 0 Å². The van der Waals surface area contributed by atoms with E-state index in [1.807, 2.05) is 36.4 Å². The highest BCUT2D eigenvalue weighted by molar-refractivity contribution is 6.00. The zero-order valence-electron chi connectivity index (χ0n) is 11.0. The van der Waals surface area contributed by atoms with Gasteiger partial charge in [0.1, 0.15) is 5.84 Å². The minimum atomic E-state index is 0.311. The highest BCUT2D eigenvalue weighted by Crippen LogP contribution is 2.17. The number of nitrogens with one attached hydrogen (secondary N) is 1. The molecular weight excluding hydrogens is 234 g/mol. The first kappa shape index (κ1) is 11.8. The number of aliphatic imine (C=N–C) groups is 1. The Bertz CT molecular complexity index is 563. The molecular formula is C16H17N3. The van der Waals surface area contributed by atoms with Crippen LogP contribution in [0.1, 0.15) is 12.5 Å². The predicted octanol–water partition coefficient (Wildman–Crippen LogP) is 3.16. The first-order valence-electron chi connectivity index (χ1n) is 6.55. The third kappa shape index (κ3) is 2.60. The smallest absolute Gasteiger partial charge is 0.150 e. The van der Waals surface area contributed by atoms with E-state index in [0.29, 0.717) is 6.04 Å². The van der Waals surface area contributed by atoms with Crippen molar-refractivity contribution < 1.29 is 0 Å². The minimum Gasteiger partial charge on any atom is -0.297 e. The number of nitrogens with zero attached hydrogens (tertiary/aromatic N) is 2. The lowest BCUT2D eigenvalue weighted by Gasteiger charge is -2.23. The maximum Gasteiger partial charge on any atom is 0.150 e. The van der Waals surface area contributed by atoms with Crippen molar-refractivity contribution in [3.63, 3.8) is 0 Å². The van der Waals surface area contributed by atoms with Crippen LogP contribution in [0.3, 0.4) is 0 Å². The lowest BCUT2D eigenvalue weighted by molar-refractivity contribution is 0.505. The molecule has 1 atom stereocenters. The Morgan fingerprint density at radius 1 is 1.00 bits per heavy atom. The molecule has 1 N–H and O–H groups in total. The Kier molecular flexibility index (Phi) is 3.19. The number of hydrogen-bond donors (Lipinski definition) is 1. The van der Waals surface area contributed by atoms with Gasteiger partial charge in [0.05, 0.1) is 18.3 Å². The molecule has 96 valence electrons. The molecule has 3 heteroatoms. The van der Waals surface area contributed by atoms with Crippen LogP contribution >= 0.6 is 0 Å². The van der Waals surface area contributed by atoms with Gasteiger partial charge in [-0.15, -0.1) is 0 Å². The fourth-order valence-electron chi connectivity index (χ4n) is 2.25. The molecule has 0 amide bonds. The van der Waals surface area contributed by atoms with E-state index in [9.17, 15) is 0 Å². The Labute approximate surface area is 113 Å². The molecule has 2 aromatic carbocycles. The van der Waals surface area contributed by atoms with Crippen molar-refractivity contribution in [2.45, 2.75) is 13.0 Å². The summed E-state index contributed by atoms with van der Waals surface area (Å²) in [6.45, 7) is 3.02. The zero-order valence-corrected chi connectivity index (χ0v) is 11.0. The van der Waals surface area contributed by atoms with E-state index < -0.39 is 0 Å². The Morgan fingerprint density at radius 3 is 2.32 bits per heavy atom. The Balaban J connectivity index is 1.84. The van der Waals surface area contributed by atoms with Crippen LogP contribution < -0.4 is 5.43 Å². The molecule has 0 aliphatic carbocycles. The van der Waals surface area contributed by atoms with Gasteiger partial charge in [-0.3, -0.25) is 15.4 Å². The molecule has 19 heavy (non-hydrogen) atoms. The maximum absolute atomic E-state index is 4.72. The average Bonchev–Trinajstić information content (AvgIpc) is 2.82. The van der Waals surface area contributed by atoms with Crippen LogP contribution in [-0.4, -0.2) is 23.4 Å². The quantitative estimate of drug-likeness (QED) is 0.907. The van der Waals surface area contributed by atoms with Crippen LogP contribution in [0, 0.1) is 0 Å². The fourth-order valence-corrected chi connectivity index (χ4v) is 2.25. The Morgan fingerprint density at radius 2 is 1.63 bits per heavy atom. The van der Waals surface area contributed by atoms with Gasteiger partial charge in [-0.05, 0) is 19.1 Å². The van der Waals surface area contributed by atoms with E-state index in [1.54, 1.807) is 0 Å². The van der Waals surface area contributed by atoms with Gasteiger partial charge in [-0.1, -0.05) is 48.5 Å². The molecule has 1 heterocycles. The van der Waals surface area contributed by atoms with E-state index in [2.05, 4.69) is 41.6 Å². The molecule has 0 saturated heterocycles. The monoisotopic (exact) mass is 251 g/mol. The van der Waals surface area contributed by atoms with Crippen LogP contribution in [0.25, 0.3) is 0 Å². The van der Waals surface area contributed by atoms with Crippen LogP contribution in [-0.2, 0) is 0 Å². The number of hydrogen-bond acceptors (Lipinski definition) is 3. The van der Waals surface area contributed by atoms with Gasteiger partial charge < -0.3 is 0 Å². The van der Waals surface area contributed by atoms with Crippen molar-refractivity contribution >= 4 is 11.5 Å². The highest BCUT2D eigenvalue weighted by Gasteiger charge is 2.23. The normalized spacial score (nSPS) is 18.3.